The van der Waals surface area contributed by atoms with Crippen molar-refractivity contribution in [1.82, 2.24) is 10.6 Å². The van der Waals surface area contributed by atoms with Gasteiger partial charge in [0.1, 0.15) is 5.75 Å². The third-order valence-electron chi connectivity index (χ3n) is 7.09. The second kappa shape index (κ2) is 10.9. The maximum absolute atomic E-state index is 12.8. The van der Waals surface area contributed by atoms with Crippen LogP contribution in [0.2, 0.25) is 0 Å². The third kappa shape index (κ3) is 6.10. The molecule has 6 heteroatoms. The van der Waals surface area contributed by atoms with Crippen LogP contribution in [0.25, 0.3) is 0 Å². The molecule has 0 radical (unpaired) electrons. The van der Waals surface area contributed by atoms with Gasteiger partial charge in [-0.3, -0.25) is 15.1 Å². The van der Waals surface area contributed by atoms with Gasteiger partial charge < -0.3 is 15.4 Å². The van der Waals surface area contributed by atoms with Gasteiger partial charge >= 0.3 is 0 Å². The minimum atomic E-state index is -0.116. The number of aliphatic imine (C=N–C) groups is 1. The highest BCUT2D eigenvalue weighted by atomic mass is 16.5. The Labute approximate surface area is 202 Å². The largest absolute Gasteiger partial charge is 0.494 e. The number of amides is 1. The molecule has 0 bridgehead atoms. The molecule has 2 fully saturated rings. The number of nitrogens with zero attached hydrogens (tertiary/aromatic N) is 1. The number of anilines is 2. The van der Waals surface area contributed by atoms with Crippen LogP contribution < -0.4 is 20.7 Å². The zero-order valence-corrected chi connectivity index (χ0v) is 19.9. The van der Waals surface area contributed by atoms with Crippen LogP contribution in [0.3, 0.4) is 0 Å². The summed E-state index contributed by atoms with van der Waals surface area (Å²) < 4.78 is 6.09. The molecule has 3 N–H and O–H groups in total. The topological polar surface area (TPSA) is 74.8 Å². The first-order valence-electron chi connectivity index (χ1n) is 13.0. The van der Waals surface area contributed by atoms with E-state index in [-0.39, 0.29) is 5.91 Å². The zero-order valence-electron chi connectivity index (χ0n) is 19.9. The van der Waals surface area contributed by atoms with E-state index < -0.39 is 0 Å². The second-order valence-corrected chi connectivity index (χ2v) is 9.84. The van der Waals surface area contributed by atoms with Crippen LogP contribution >= 0.6 is 0 Å². The first-order valence-corrected chi connectivity index (χ1v) is 13.0. The summed E-state index contributed by atoms with van der Waals surface area (Å²) in [6.45, 7) is 2.38. The van der Waals surface area contributed by atoms with Crippen LogP contribution in [-0.4, -0.2) is 31.6 Å². The Kier molecular flexibility index (Phi) is 7.32. The molecule has 34 heavy (non-hydrogen) atoms. The van der Waals surface area contributed by atoms with E-state index in [1.807, 2.05) is 30.3 Å². The zero-order chi connectivity index (χ0) is 23.2. The Morgan fingerprint density at radius 3 is 2.71 bits per heavy atom. The summed E-state index contributed by atoms with van der Waals surface area (Å²) in [5.74, 6) is 2.70. The van der Waals surface area contributed by atoms with Gasteiger partial charge in [-0.15, -0.1) is 0 Å². The average Bonchev–Trinajstić information content (AvgIpc) is 3.71. The molecule has 0 spiro atoms. The van der Waals surface area contributed by atoms with Gasteiger partial charge in [-0.2, -0.15) is 0 Å². The monoisotopic (exact) mass is 460 g/mol. The second-order valence-electron chi connectivity index (χ2n) is 9.84. The average molecular weight is 461 g/mol. The van der Waals surface area contributed by atoms with Crippen LogP contribution in [0.15, 0.2) is 47.5 Å². The highest BCUT2D eigenvalue weighted by molar-refractivity contribution is 6.06. The van der Waals surface area contributed by atoms with Gasteiger partial charge in [0.05, 0.1) is 6.61 Å². The summed E-state index contributed by atoms with van der Waals surface area (Å²) in [7, 11) is 0. The summed E-state index contributed by atoms with van der Waals surface area (Å²) in [5.41, 5.74) is 3.94. The van der Waals surface area contributed by atoms with E-state index in [9.17, 15) is 4.79 Å². The van der Waals surface area contributed by atoms with Crippen molar-refractivity contribution in [2.45, 2.75) is 63.7 Å². The number of benzene rings is 2. The van der Waals surface area contributed by atoms with E-state index in [2.05, 4.69) is 33.1 Å². The Bertz CT molecular complexity index is 1020. The minimum absolute atomic E-state index is 0.116. The number of carbonyl (C=O) groups is 1. The molecule has 0 saturated heterocycles. The lowest BCUT2D eigenvalue weighted by atomic mass is 9.87. The Morgan fingerprint density at radius 1 is 1.03 bits per heavy atom. The van der Waals surface area contributed by atoms with Crippen LogP contribution in [-0.2, 0) is 0 Å². The van der Waals surface area contributed by atoms with Crippen molar-refractivity contribution in [2.24, 2.45) is 10.9 Å². The van der Waals surface area contributed by atoms with E-state index in [0.717, 1.165) is 55.6 Å². The normalized spacial score (nSPS) is 18.5. The summed E-state index contributed by atoms with van der Waals surface area (Å²) in [6, 6.07) is 14.2. The van der Waals surface area contributed by atoms with Crippen molar-refractivity contribution in [1.29, 1.82) is 0 Å². The van der Waals surface area contributed by atoms with E-state index in [4.69, 9.17) is 4.74 Å². The van der Waals surface area contributed by atoms with Crippen LogP contribution in [0.4, 0.5) is 11.4 Å². The summed E-state index contributed by atoms with van der Waals surface area (Å²) in [4.78, 5) is 17.1. The lowest BCUT2D eigenvalue weighted by Gasteiger charge is -2.21. The van der Waals surface area contributed by atoms with Crippen molar-refractivity contribution in [3.05, 3.63) is 53.6 Å². The van der Waals surface area contributed by atoms with Gasteiger partial charge in [-0.1, -0.05) is 38.2 Å². The van der Waals surface area contributed by atoms with E-state index >= 15 is 0 Å². The van der Waals surface area contributed by atoms with Crippen LogP contribution in [0.5, 0.6) is 5.75 Å². The van der Waals surface area contributed by atoms with E-state index in [1.165, 1.54) is 50.5 Å². The molecule has 180 valence electrons. The number of rotatable bonds is 8. The standard InChI is InChI=1S/C28H36N4O2/c33-27(32-28-29-15-5-16-30-28)22-12-13-26(25(18-22)21-10-11-21)31-23-8-4-9-24(19-23)34-17-14-20-6-2-1-3-7-20/h4,8-9,12-13,18-21,31H,1-3,5-7,10-11,14-17H2,(H2,29,30,32,33). The number of hydrogen-bond donors (Lipinski definition) is 3. The Hall–Kier alpha value is -3.02. The number of ether oxygens (including phenoxy) is 1. The van der Waals surface area contributed by atoms with Crippen molar-refractivity contribution >= 4 is 23.2 Å². The Morgan fingerprint density at radius 2 is 1.91 bits per heavy atom. The molecule has 5 rings (SSSR count). The summed E-state index contributed by atoms with van der Waals surface area (Å²) >= 11 is 0. The van der Waals surface area contributed by atoms with Gasteiger partial charge in [-0.05, 0) is 73.4 Å². The first-order chi connectivity index (χ1) is 16.7. The molecule has 2 aliphatic carbocycles. The maximum Gasteiger partial charge on any atom is 0.257 e. The highest BCUT2D eigenvalue weighted by Gasteiger charge is 2.27. The van der Waals surface area contributed by atoms with Crippen LogP contribution in [0, 0.1) is 5.92 Å². The van der Waals surface area contributed by atoms with Crippen molar-refractivity contribution < 1.29 is 9.53 Å². The number of guanidine groups is 1. The predicted octanol–water partition coefficient (Wildman–Crippen LogP) is 5.74. The fourth-order valence-electron chi connectivity index (χ4n) is 4.98. The fourth-order valence-corrected chi connectivity index (χ4v) is 4.98. The number of nitrogens with one attached hydrogen (secondary N) is 3. The van der Waals surface area contributed by atoms with Gasteiger partial charge in [0.25, 0.3) is 5.91 Å². The van der Waals surface area contributed by atoms with Gasteiger partial charge in [0, 0.05) is 36.1 Å². The molecule has 2 aromatic rings. The van der Waals surface area contributed by atoms with Crippen molar-refractivity contribution in [3.8, 4) is 5.75 Å². The molecule has 3 aliphatic rings. The Balaban J connectivity index is 1.22. The summed E-state index contributed by atoms with van der Waals surface area (Å²) in [5, 5.41) is 9.62. The molecule has 0 unspecified atom stereocenters. The smallest absolute Gasteiger partial charge is 0.257 e. The highest BCUT2D eigenvalue weighted by Crippen LogP contribution is 2.44. The predicted molar refractivity (Wildman–Crippen MR) is 137 cm³/mol. The molecule has 2 saturated carbocycles. The quantitative estimate of drug-likeness (QED) is 0.470. The van der Waals surface area contributed by atoms with E-state index in [0.29, 0.717) is 17.4 Å². The molecule has 2 aromatic carbocycles. The van der Waals surface area contributed by atoms with Gasteiger partial charge in [0.2, 0.25) is 0 Å². The van der Waals surface area contributed by atoms with Gasteiger partial charge in [-0.25, -0.2) is 0 Å². The van der Waals surface area contributed by atoms with Gasteiger partial charge in [0.15, 0.2) is 5.96 Å². The molecule has 1 amide bonds. The third-order valence-corrected chi connectivity index (χ3v) is 7.09. The lowest BCUT2D eigenvalue weighted by Crippen LogP contribution is -2.43. The SMILES string of the molecule is O=C(NC1=NCCCN1)c1ccc(Nc2cccc(OCCC3CCCCC3)c2)c(C2CC2)c1. The first kappa shape index (κ1) is 22.8. The minimum Gasteiger partial charge on any atom is -0.494 e. The molecule has 6 nitrogen and oxygen atoms in total. The fraction of sp³-hybridized carbons (Fsp3) is 0.500. The molecular weight excluding hydrogens is 424 g/mol. The summed E-state index contributed by atoms with van der Waals surface area (Å²) in [6.07, 6.45) is 11.3. The lowest BCUT2D eigenvalue weighted by molar-refractivity contribution is 0.0975. The van der Waals surface area contributed by atoms with Crippen LogP contribution in [0.1, 0.15) is 79.6 Å². The van der Waals surface area contributed by atoms with Crippen molar-refractivity contribution in [2.75, 3.05) is 25.0 Å². The molecule has 1 heterocycles. The van der Waals surface area contributed by atoms with Crippen molar-refractivity contribution in [3.63, 3.8) is 0 Å². The number of hydrogen-bond acceptors (Lipinski definition) is 5. The number of carbonyl (C=O) groups excluding carboxylic acids is 1. The molecular formula is C28H36N4O2. The maximum atomic E-state index is 12.8. The molecule has 1 aliphatic heterocycles. The molecule has 0 atom stereocenters. The van der Waals surface area contributed by atoms with E-state index in [1.54, 1.807) is 0 Å². The molecule has 0 aromatic heterocycles.